The Morgan fingerprint density at radius 3 is 2.17 bits per heavy atom. The zero-order chi connectivity index (χ0) is 16.3. The Morgan fingerprint density at radius 2 is 1.52 bits per heavy atom. The van der Waals surface area contributed by atoms with Crippen molar-refractivity contribution in [1.82, 2.24) is 4.57 Å². The van der Waals surface area contributed by atoms with Crippen LogP contribution in [0.3, 0.4) is 0 Å². The lowest BCUT2D eigenvalue weighted by atomic mass is 10.1. The lowest BCUT2D eigenvalue weighted by Crippen LogP contribution is -2.16. The molecule has 0 saturated heterocycles. The number of hydrogen-bond donors (Lipinski definition) is 0. The first-order valence-corrected chi connectivity index (χ1v) is 7.05. The topological polar surface area (TPSA) is 14.2 Å². The predicted octanol–water partition coefficient (Wildman–Crippen LogP) is 5.10. The molecule has 0 radical (unpaired) electrons. The highest BCUT2D eigenvalue weighted by Gasteiger charge is 2.30. The van der Waals surface area contributed by atoms with E-state index in [4.69, 9.17) is 0 Å². The number of nitrogens with zero attached hydrogens (tertiary/aromatic N) is 1. The third-order valence-corrected chi connectivity index (χ3v) is 3.38. The summed E-state index contributed by atoms with van der Waals surface area (Å²) in [5, 5.41) is 0. The van der Waals surface area contributed by atoms with Crippen molar-refractivity contribution in [3.8, 4) is 16.9 Å². The van der Waals surface area contributed by atoms with E-state index in [1.54, 1.807) is 12.1 Å². The van der Waals surface area contributed by atoms with E-state index < -0.39 is 6.36 Å². The molecule has 0 N–H and O–H groups in total. The molecule has 0 fully saturated rings. The summed E-state index contributed by atoms with van der Waals surface area (Å²) in [7, 11) is 0. The lowest BCUT2D eigenvalue weighted by molar-refractivity contribution is -0.274. The van der Waals surface area contributed by atoms with Gasteiger partial charge in [0.05, 0.1) is 0 Å². The maximum absolute atomic E-state index is 12.1. The van der Waals surface area contributed by atoms with Gasteiger partial charge in [-0.25, -0.2) is 0 Å². The van der Waals surface area contributed by atoms with Gasteiger partial charge in [0.15, 0.2) is 0 Å². The maximum atomic E-state index is 12.1. The normalized spacial score (nSPS) is 11.4. The SMILES string of the molecule is FC(F)(F)Oc1ccc(-c2ccn(Cc3ccccc3)c2)cc1. The number of benzene rings is 2. The Labute approximate surface area is 131 Å². The number of hydrogen-bond acceptors (Lipinski definition) is 1. The molecule has 0 atom stereocenters. The minimum absolute atomic E-state index is 0.218. The van der Waals surface area contributed by atoms with E-state index in [1.165, 1.54) is 17.7 Å². The second-order valence-electron chi connectivity index (χ2n) is 5.13. The molecule has 1 heterocycles. The molecule has 118 valence electrons. The van der Waals surface area contributed by atoms with E-state index in [9.17, 15) is 13.2 Å². The smallest absolute Gasteiger partial charge is 0.406 e. The fraction of sp³-hybridized carbons (Fsp3) is 0.111. The number of ether oxygens (including phenoxy) is 1. The summed E-state index contributed by atoms with van der Waals surface area (Å²) in [4.78, 5) is 0. The van der Waals surface area contributed by atoms with Crippen molar-refractivity contribution in [2.75, 3.05) is 0 Å². The van der Waals surface area contributed by atoms with Gasteiger partial charge in [0.25, 0.3) is 0 Å². The van der Waals surface area contributed by atoms with Gasteiger partial charge < -0.3 is 9.30 Å². The molecule has 0 spiro atoms. The molecule has 23 heavy (non-hydrogen) atoms. The van der Waals surface area contributed by atoms with Gasteiger partial charge in [-0.2, -0.15) is 0 Å². The molecule has 0 amide bonds. The Morgan fingerprint density at radius 1 is 0.826 bits per heavy atom. The highest BCUT2D eigenvalue weighted by Crippen LogP contribution is 2.26. The molecule has 2 aromatic carbocycles. The van der Waals surface area contributed by atoms with Crippen molar-refractivity contribution >= 4 is 0 Å². The van der Waals surface area contributed by atoms with Gasteiger partial charge in [-0.05, 0) is 34.9 Å². The molecule has 3 rings (SSSR count). The summed E-state index contributed by atoms with van der Waals surface area (Å²) in [5.74, 6) is -0.218. The van der Waals surface area contributed by atoms with E-state index in [-0.39, 0.29) is 5.75 Å². The molecule has 0 saturated carbocycles. The van der Waals surface area contributed by atoms with Gasteiger partial charge in [0.2, 0.25) is 0 Å². The third-order valence-electron chi connectivity index (χ3n) is 3.38. The van der Waals surface area contributed by atoms with Crippen molar-refractivity contribution in [1.29, 1.82) is 0 Å². The first-order chi connectivity index (χ1) is 11.0. The zero-order valence-corrected chi connectivity index (χ0v) is 12.1. The molecular weight excluding hydrogens is 303 g/mol. The minimum Gasteiger partial charge on any atom is -0.406 e. The molecule has 0 unspecified atom stereocenters. The third kappa shape index (κ3) is 4.16. The molecule has 0 bridgehead atoms. The molecular formula is C18H14F3NO. The maximum Gasteiger partial charge on any atom is 0.573 e. The van der Waals surface area contributed by atoms with E-state index in [1.807, 2.05) is 53.4 Å². The number of rotatable bonds is 4. The fourth-order valence-corrected chi connectivity index (χ4v) is 2.35. The number of alkyl halides is 3. The van der Waals surface area contributed by atoms with Gasteiger partial charge in [0.1, 0.15) is 5.75 Å². The van der Waals surface area contributed by atoms with Gasteiger partial charge in [0, 0.05) is 18.9 Å². The van der Waals surface area contributed by atoms with Gasteiger partial charge in [-0.15, -0.1) is 13.2 Å². The first kappa shape index (κ1) is 15.2. The summed E-state index contributed by atoms with van der Waals surface area (Å²) in [6.07, 6.45) is -0.754. The minimum atomic E-state index is -4.67. The molecule has 2 nitrogen and oxygen atoms in total. The molecule has 5 heteroatoms. The predicted molar refractivity (Wildman–Crippen MR) is 82.1 cm³/mol. The van der Waals surface area contributed by atoms with Gasteiger partial charge in [-0.3, -0.25) is 0 Å². The number of halogens is 3. The van der Waals surface area contributed by atoms with Crippen LogP contribution in [-0.2, 0) is 6.54 Å². The monoisotopic (exact) mass is 317 g/mol. The van der Waals surface area contributed by atoms with Crippen LogP contribution in [0.5, 0.6) is 5.75 Å². The van der Waals surface area contributed by atoms with Crippen LogP contribution in [0, 0.1) is 0 Å². The van der Waals surface area contributed by atoms with Crippen LogP contribution in [0.4, 0.5) is 13.2 Å². The lowest BCUT2D eigenvalue weighted by Gasteiger charge is -2.08. The van der Waals surface area contributed by atoms with Crippen molar-refractivity contribution in [3.05, 3.63) is 78.6 Å². The molecule has 1 aromatic heterocycles. The Hall–Kier alpha value is -2.69. The van der Waals surface area contributed by atoms with E-state index >= 15 is 0 Å². The number of aromatic nitrogens is 1. The van der Waals surface area contributed by atoms with Gasteiger partial charge >= 0.3 is 6.36 Å². The molecule has 0 aliphatic carbocycles. The average molecular weight is 317 g/mol. The summed E-state index contributed by atoms with van der Waals surface area (Å²) in [6.45, 7) is 0.746. The van der Waals surface area contributed by atoms with Crippen LogP contribution in [0.15, 0.2) is 73.1 Å². The van der Waals surface area contributed by atoms with Crippen LogP contribution in [0.25, 0.3) is 11.1 Å². The molecule has 0 aliphatic rings. The second-order valence-corrected chi connectivity index (χ2v) is 5.13. The van der Waals surface area contributed by atoms with E-state index in [0.717, 1.165) is 17.7 Å². The van der Waals surface area contributed by atoms with E-state index in [0.29, 0.717) is 0 Å². The Kier molecular flexibility index (Phi) is 4.10. The summed E-state index contributed by atoms with van der Waals surface area (Å²) >= 11 is 0. The quantitative estimate of drug-likeness (QED) is 0.653. The highest BCUT2D eigenvalue weighted by atomic mass is 19.4. The van der Waals surface area contributed by atoms with Crippen molar-refractivity contribution in [2.24, 2.45) is 0 Å². The van der Waals surface area contributed by atoms with Crippen molar-refractivity contribution < 1.29 is 17.9 Å². The largest absolute Gasteiger partial charge is 0.573 e. The van der Waals surface area contributed by atoms with Crippen molar-refractivity contribution in [2.45, 2.75) is 12.9 Å². The highest BCUT2D eigenvalue weighted by molar-refractivity contribution is 5.63. The van der Waals surface area contributed by atoms with Gasteiger partial charge in [-0.1, -0.05) is 42.5 Å². The standard InChI is InChI=1S/C18H14F3NO/c19-18(20,21)23-17-8-6-15(7-9-17)16-10-11-22(13-16)12-14-4-2-1-3-5-14/h1-11,13H,12H2. The van der Waals surface area contributed by atoms with Crippen LogP contribution in [-0.4, -0.2) is 10.9 Å². The summed E-state index contributed by atoms with van der Waals surface area (Å²) < 4.78 is 42.4. The Balaban J connectivity index is 1.73. The Bertz CT molecular complexity index is 761. The van der Waals surface area contributed by atoms with Crippen LogP contribution in [0.2, 0.25) is 0 Å². The van der Waals surface area contributed by atoms with E-state index in [2.05, 4.69) is 4.74 Å². The average Bonchev–Trinajstić information content (AvgIpc) is 2.96. The summed E-state index contributed by atoms with van der Waals surface area (Å²) in [5.41, 5.74) is 2.97. The fourth-order valence-electron chi connectivity index (χ4n) is 2.35. The molecule has 0 aliphatic heterocycles. The molecule has 3 aromatic rings. The van der Waals surface area contributed by atoms with Crippen LogP contribution < -0.4 is 4.74 Å². The van der Waals surface area contributed by atoms with Crippen molar-refractivity contribution in [3.63, 3.8) is 0 Å². The van der Waals surface area contributed by atoms with Crippen LogP contribution in [0.1, 0.15) is 5.56 Å². The first-order valence-electron chi connectivity index (χ1n) is 7.05. The summed E-state index contributed by atoms with van der Waals surface area (Å²) in [6, 6.07) is 17.8. The second kappa shape index (κ2) is 6.20. The van der Waals surface area contributed by atoms with Crippen LogP contribution >= 0.6 is 0 Å². The zero-order valence-electron chi connectivity index (χ0n) is 12.1.